The van der Waals surface area contributed by atoms with Gasteiger partial charge in [0.15, 0.2) is 0 Å². The largest absolute Gasteiger partial charge is 0.317 e. The van der Waals surface area contributed by atoms with Crippen molar-refractivity contribution < 1.29 is 0 Å². The molecule has 2 rings (SSSR count). The molecule has 1 heterocycles. The SMILES string of the molecule is CCC1CCC(NC)C(CN(C)CCN2CCCC2)C1. The van der Waals surface area contributed by atoms with Crippen LogP contribution in [-0.4, -0.2) is 62.7 Å². The van der Waals surface area contributed by atoms with Gasteiger partial charge in [0.25, 0.3) is 0 Å². The second-order valence-electron chi connectivity index (χ2n) is 7.05. The number of nitrogens with one attached hydrogen (secondary N) is 1. The first-order valence-corrected chi connectivity index (χ1v) is 8.81. The van der Waals surface area contributed by atoms with Crippen LogP contribution in [0.1, 0.15) is 45.4 Å². The van der Waals surface area contributed by atoms with E-state index in [0.29, 0.717) is 0 Å². The summed E-state index contributed by atoms with van der Waals surface area (Å²) in [6.07, 6.45) is 8.41. The standard InChI is InChI=1S/C17H35N3/c1-4-15-7-8-17(18-2)16(13-15)14-19(3)11-12-20-9-5-6-10-20/h15-18H,4-14H2,1-3H3. The molecule has 0 aromatic heterocycles. The molecule has 20 heavy (non-hydrogen) atoms. The van der Waals surface area contributed by atoms with E-state index in [1.165, 1.54) is 71.2 Å². The van der Waals surface area contributed by atoms with Gasteiger partial charge in [-0.3, -0.25) is 0 Å². The van der Waals surface area contributed by atoms with Crippen molar-refractivity contribution in [2.75, 3.05) is 46.8 Å². The van der Waals surface area contributed by atoms with Crippen molar-refractivity contribution in [2.24, 2.45) is 11.8 Å². The van der Waals surface area contributed by atoms with Gasteiger partial charge < -0.3 is 15.1 Å². The Morgan fingerprint density at radius 3 is 2.60 bits per heavy atom. The molecular weight excluding hydrogens is 246 g/mol. The molecule has 0 spiro atoms. The van der Waals surface area contributed by atoms with Crippen LogP contribution in [0.5, 0.6) is 0 Å². The average Bonchev–Trinajstić information content (AvgIpc) is 2.98. The first-order chi connectivity index (χ1) is 9.72. The molecule has 1 N–H and O–H groups in total. The van der Waals surface area contributed by atoms with Gasteiger partial charge in [-0.2, -0.15) is 0 Å². The Kier molecular flexibility index (Phi) is 6.79. The summed E-state index contributed by atoms with van der Waals surface area (Å²) in [5.41, 5.74) is 0. The third-order valence-electron chi connectivity index (χ3n) is 5.58. The minimum absolute atomic E-state index is 0.743. The zero-order valence-corrected chi connectivity index (χ0v) is 13.9. The molecule has 118 valence electrons. The Morgan fingerprint density at radius 2 is 1.95 bits per heavy atom. The molecule has 2 aliphatic rings. The van der Waals surface area contributed by atoms with Gasteiger partial charge >= 0.3 is 0 Å². The molecule has 1 saturated heterocycles. The maximum Gasteiger partial charge on any atom is 0.0109 e. The van der Waals surface area contributed by atoms with Crippen LogP contribution < -0.4 is 5.32 Å². The van der Waals surface area contributed by atoms with Crippen LogP contribution in [0, 0.1) is 11.8 Å². The fourth-order valence-electron chi connectivity index (χ4n) is 4.12. The minimum Gasteiger partial charge on any atom is -0.317 e. The van der Waals surface area contributed by atoms with Crippen molar-refractivity contribution in [3.05, 3.63) is 0 Å². The van der Waals surface area contributed by atoms with Gasteiger partial charge in [-0.05, 0) is 71.1 Å². The molecule has 1 saturated carbocycles. The van der Waals surface area contributed by atoms with E-state index in [0.717, 1.165) is 17.9 Å². The summed E-state index contributed by atoms with van der Waals surface area (Å²) in [7, 11) is 4.46. The quantitative estimate of drug-likeness (QED) is 0.773. The van der Waals surface area contributed by atoms with Crippen LogP contribution in [0.2, 0.25) is 0 Å². The predicted molar refractivity (Wildman–Crippen MR) is 87.1 cm³/mol. The van der Waals surface area contributed by atoms with Crippen LogP contribution in [0.3, 0.4) is 0 Å². The fourth-order valence-corrected chi connectivity index (χ4v) is 4.12. The van der Waals surface area contributed by atoms with Crippen molar-refractivity contribution in [2.45, 2.75) is 51.5 Å². The van der Waals surface area contributed by atoms with E-state index >= 15 is 0 Å². The predicted octanol–water partition coefficient (Wildman–Crippen LogP) is 2.43. The van der Waals surface area contributed by atoms with Gasteiger partial charge in [0.2, 0.25) is 0 Å². The van der Waals surface area contributed by atoms with E-state index in [4.69, 9.17) is 0 Å². The molecule has 3 heteroatoms. The Labute approximate surface area is 126 Å². The molecule has 1 aliphatic carbocycles. The summed E-state index contributed by atoms with van der Waals surface area (Å²) in [6.45, 7) is 8.80. The molecule has 0 amide bonds. The molecule has 0 aromatic carbocycles. The zero-order valence-electron chi connectivity index (χ0n) is 13.9. The minimum atomic E-state index is 0.743. The molecule has 1 aliphatic heterocycles. The highest BCUT2D eigenvalue weighted by Gasteiger charge is 2.29. The van der Waals surface area contributed by atoms with E-state index in [2.05, 4.69) is 36.1 Å². The molecule has 3 nitrogen and oxygen atoms in total. The topological polar surface area (TPSA) is 18.5 Å². The van der Waals surface area contributed by atoms with Crippen LogP contribution in [0.25, 0.3) is 0 Å². The Hall–Kier alpha value is -0.120. The molecule has 3 unspecified atom stereocenters. The summed E-state index contributed by atoms with van der Waals surface area (Å²) in [4.78, 5) is 5.20. The molecule has 3 atom stereocenters. The zero-order chi connectivity index (χ0) is 14.4. The fraction of sp³-hybridized carbons (Fsp3) is 1.00. The van der Waals surface area contributed by atoms with Crippen LogP contribution in [-0.2, 0) is 0 Å². The lowest BCUT2D eigenvalue weighted by Gasteiger charge is -2.38. The monoisotopic (exact) mass is 281 g/mol. The summed E-state index contributed by atoms with van der Waals surface area (Å²) in [5, 5.41) is 3.56. The highest BCUT2D eigenvalue weighted by molar-refractivity contribution is 4.85. The molecule has 0 radical (unpaired) electrons. The third kappa shape index (κ3) is 4.71. The first-order valence-electron chi connectivity index (χ1n) is 8.81. The van der Waals surface area contributed by atoms with Gasteiger partial charge in [0.05, 0.1) is 0 Å². The number of rotatable bonds is 7. The van der Waals surface area contributed by atoms with Crippen molar-refractivity contribution in [1.82, 2.24) is 15.1 Å². The van der Waals surface area contributed by atoms with Crippen molar-refractivity contribution >= 4 is 0 Å². The Bertz CT molecular complexity index is 263. The number of hydrogen-bond donors (Lipinski definition) is 1. The van der Waals surface area contributed by atoms with Crippen LogP contribution >= 0.6 is 0 Å². The van der Waals surface area contributed by atoms with Gasteiger partial charge in [0.1, 0.15) is 0 Å². The molecule has 0 aromatic rings. The number of likely N-dealkylation sites (tertiary alicyclic amines) is 1. The molecular formula is C17H35N3. The number of likely N-dealkylation sites (N-methyl/N-ethyl adjacent to an activating group) is 1. The second-order valence-corrected chi connectivity index (χ2v) is 7.05. The summed E-state index contributed by atoms with van der Waals surface area (Å²) in [6, 6.07) is 0.743. The normalized spacial score (nSPS) is 32.1. The lowest BCUT2D eigenvalue weighted by Crippen LogP contribution is -2.45. The summed E-state index contributed by atoms with van der Waals surface area (Å²) >= 11 is 0. The van der Waals surface area contributed by atoms with E-state index < -0.39 is 0 Å². The smallest absolute Gasteiger partial charge is 0.0109 e. The van der Waals surface area contributed by atoms with Crippen molar-refractivity contribution in [3.63, 3.8) is 0 Å². The maximum absolute atomic E-state index is 3.56. The highest BCUT2D eigenvalue weighted by atomic mass is 15.2. The second kappa shape index (κ2) is 8.35. The number of nitrogens with zero attached hydrogens (tertiary/aromatic N) is 2. The lowest BCUT2D eigenvalue weighted by atomic mass is 9.76. The maximum atomic E-state index is 3.56. The van der Waals surface area contributed by atoms with Crippen molar-refractivity contribution in [3.8, 4) is 0 Å². The van der Waals surface area contributed by atoms with E-state index in [1.54, 1.807) is 0 Å². The van der Waals surface area contributed by atoms with E-state index in [1.807, 2.05) is 0 Å². The van der Waals surface area contributed by atoms with Crippen LogP contribution in [0.15, 0.2) is 0 Å². The number of hydrogen-bond acceptors (Lipinski definition) is 3. The Morgan fingerprint density at radius 1 is 1.20 bits per heavy atom. The molecule has 0 bridgehead atoms. The van der Waals surface area contributed by atoms with Gasteiger partial charge in [-0.1, -0.05) is 13.3 Å². The lowest BCUT2D eigenvalue weighted by molar-refractivity contribution is 0.149. The average molecular weight is 281 g/mol. The van der Waals surface area contributed by atoms with E-state index in [9.17, 15) is 0 Å². The van der Waals surface area contributed by atoms with Gasteiger partial charge in [-0.25, -0.2) is 0 Å². The third-order valence-corrected chi connectivity index (χ3v) is 5.58. The van der Waals surface area contributed by atoms with Gasteiger partial charge in [0, 0.05) is 25.7 Å². The summed E-state index contributed by atoms with van der Waals surface area (Å²) < 4.78 is 0. The van der Waals surface area contributed by atoms with Crippen LogP contribution in [0.4, 0.5) is 0 Å². The van der Waals surface area contributed by atoms with E-state index in [-0.39, 0.29) is 0 Å². The van der Waals surface area contributed by atoms with Crippen molar-refractivity contribution in [1.29, 1.82) is 0 Å². The van der Waals surface area contributed by atoms with Gasteiger partial charge in [-0.15, -0.1) is 0 Å². The Balaban J connectivity index is 1.73. The highest BCUT2D eigenvalue weighted by Crippen LogP contribution is 2.31. The first kappa shape index (κ1) is 16.3. The summed E-state index contributed by atoms with van der Waals surface area (Å²) in [5.74, 6) is 1.82. The molecule has 2 fully saturated rings.